The minimum atomic E-state index is -0.830. The molecular weight excluding hydrogens is 426 g/mol. The lowest BCUT2D eigenvalue weighted by Crippen LogP contribution is -2.54. The third kappa shape index (κ3) is 5.14. The van der Waals surface area contributed by atoms with Crippen LogP contribution in [0.25, 0.3) is 0 Å². The maximum absolute atomic E-state index is 13.8. The lowest BCUT2D eigenvalue weighted by Gasteiger charge is -2.40. The Bertz CT molecular complexity index is 940. The molecule has 2 aromatic rings. The number of aliphatic hydroxyl groups is 1. The number of anilines is 1. The number of nitrogens with zero attached hydrogens (tertiary/aromatic N) is 3. The molecule has 0 bridgehead atoms. The predicted octanol–water partition coefficient (Wildman–Crippen LogP) is 2.81. The summed E-state index contributed by atoms with van der Waals surface area (Å²) in [7, 11) is 0. The molecule has 1 amide bonds. The van der Waals surface area contributed by atoms with Crippen LogP contribution in [0.4, 0.5) is 5.69 Å². The largest absolute Gasteiger partial charge is 0.387 e. The first-order valence-electron chi connectivity index (χ1n) is 12.7. The van der Waals surface area contributed by atoms with Gasteiger partial charge in [0.05, 0.1) is 17.6 Å². The van der Waals surface area contributed by atoms with Crippen molar-refractivity contribution >= 4 is 11.6 Å². The van der Waals surface area contributed by atoms with Crippen molar-refractivity contribution in [2.45, 2.75) is 31.3 Å². The molecule has 0 spiro atoms. The van der Waals surface area contributed by atoms with Crippen molar-refractivity contribution in [1.29, 1.82) is 0 Å². The zero-order chi connectivity index (χ0) is 23.4. The molecule has 3 fully saturated rings. The van der Waals surface area contributed by atoms with Crippen LogP contribution in [-0.4, -0.2) is 85.4 Å². The van der Waals surface area contributed by atoms with E-state index >= 15 is 0 Å². The lowest BCUT2D eigenvalue weighted by atomic mass is 9.74. The summed E-state index contributed by atoms with van der Waals surface area (Å²) in [6.07, 6.45) is 2.89. The molecule has 6 nitrogen and oxygen atoms in total. The topological polar surface area (TPSA) is 56.3 Å². The Labute approximate surface area is 203 Å². The second-order valence-corrected chi connectivity index (χ2v) is 10.4. The average molecular weight is 464 g/mol. The van der Waals surface area contributed by atoms with Gasteiger partial charge in [-0.3, -0.25) is 9.69 Å². The summed E-state index contributed by atoms with van der Waals surface area (Å²) in [6, 6.07) is 20.8. The van der Waals surface area contributed by atoms with Gasteiger partial charge in [0.2, 0.25) is 5.91 Å². The van der Waals surface area contributed by atoms with E-state index in [-0.39, 0.29) is 5.91 Å². The molecule has 0 aromatic heterocycles. The fourth-order valence-electron chi connectivity index (χ4n) is 5.93. The summed E-state index contributed by atoms with van der Waals surface area (Å²) >= 11 is 0. The van der Waals surface area contributed by atoms with Crippen LogP contribution in [0.3, 0.4) is 0 Å². The van der Waals surface area contributed by atoms with Crippen LogP contribution in [0.15, 0.2) is 60.7 Å². The molecule has 0 aliphatic carbocycles. The zero-order valence-corrected chi connectivity index (χ0v) is 20.1. The summed E-state index contributed by atoms with van der Waals surface area (Å²) in [6.45, 7) is 6.74. The van der Waals surface area contributed by atoms with Crippen LogP contribution in [-0.2, 0) is 16.0 Å². The van der Waals surface area contributed by atoms with Crippen LogP contribution in [0.5, 0.6) is 0 Å². The van der Waals surface area contributed by atoms with E-state index in [0.717, 1.165) is 45.4 Å². The van der Waals surface area contributed by atoms with Gasteiger partial charge in [-0.1, -0.05) is 48.5 Å². The van der Waals surface area contributed by atoms with Gasteiger partial charge in [0.1, 0.15) is 0 Å². The second-order valence-electron chi connectivity index (χ2n) is 10.4. The van der Waals surface area contributed by atoms with Crippen LogP contribution < -0.4 is 4.90 Å². The quantitative estimate of drug-likeness (QED) is 0.714. The Morgan fingerprint density at radius 3 is 2.18 bits per heavy atom. The van der Waals surface area contributed by atoms with Crippen molar-refractivity contribution in [3.05, 3.63) is 66.2 Å². The molecular formula is C28H37N3O3. The number of rotatable bonds is 6. The van der Waals surface area contributed by atoms with Crippen molar-refractivity contribution in [3.8, 4) is 0 Å². The zero-order valence-electron chi connectivity index (χ0n) is 20.1. The highest BCUT2D eigenvalue weighted by Gasteiger charge is 2.47. The standard InChI is InChI=1S/C28H37N3O3/c32-26(27(12-19-34-20-13-27)21-24-7-3-1-4-8-24)31-14-11-28(33,23-31)22-29-15-17-30(18-16-29)25-9-5-2-6-10-25/h1-10,33H,11-23H2/t28-/m1/s1. The predicted molar refractivity (Wildman–Crippen MR) is 134 cm³/mol. The third-order valence-electron chi connectivity index (χ3n) is 7.92. The highest BCUT2D eigenvalue weighted by molar-refractivity contribution is 5.83. The van der Waals surface area contributed by atoms with Gasteiger partial charge in [-0.2, -0.15) is 0 Å². The van der Waals surface area contributed by atoms with Gasteiger partial charge in [0.25, 0.3) is 0 Å². The number of hydrogen-bond acceptors (Lipinski definition) is 5. The van der Waals surface area contributed by atoms with Crippen LogP contribution in [0, 0.1) is 5.41 Å². The number of β-amino-alcohol motifs (C(OH)–C–C–N with tert-alkyl or cyclic N) is 1. The first-order valence-corrected chi connectivity index (χ1v) is 12.7. The molecule has 182 valence electrons. The number of piperazine rings is 1. The van der Waals surface area contributed by atoms with Gasteiger partial charge in [-0.25, -0.2) is 0 Å². The highest BCUT2D eigenvalue weighted by Crippen LogP contribution is 2.38. The average Bonchev–Trinajstić information content (AvgIpc) is 3.27. The minimum Gasteiger partial charge on any atom is -0.387 e. The second kappa shape index (κ2) is 10.1. The minimum absolute atomic E-state index is 0.199. The first-order chi connectivity index (χ1) is 16.6. The van der Waals surface area contributed by atoms with Gasteiger partial charge in [0, 0.05) is 58.2 Å². The van der Waals surface area contributed by atoms with Crippen LogP contribution in [0.2, 0.25) is 0 Å². The fraction of sp³-hybridized carbons (Fsp3) is 0.536. The molecule has 0 saturated carbocycles. The molecule has 5 rings (SSSR count). The van der Waals surface area contributed by atoms with E-state index in [1.165, 1.54) is 11.3 Å². The summed E-state index contributed by atoms with van der Waals surface area (Å²) in [5, 5.41) is 11.4. The summed E-state index contributed by atoms with van der Waals surface area (Å²) in [5.74, 6) is 0.199. The molecule has 34 heavy (non-hydrogen) atoms. The number of ether oxygens (including phenoxy) is 1. The molecule has 0 unspecified atom stereocenters. The normalized spacial score (nSPS) is 25.4. The number of amides is 1. The van der Waals surface area contributed by atoms with Gasteiger partial charge in [-0.15, -0.1) is 0 Å². The lowest BCUT2D eigenvalue weighted by molar-refractivity contribution is -0.148. The fourth-order valence-corrected chi connectivity index (χ4v) is 5.93. The summed E-state index contributed by atoms with van der Waals surface area (Å²) in [5.41, 5.74) is 1.21. The van der Waals surface area contributed by atoms with Crippen molar-refractivity contribution in [2.75, 3.05) is 63.9 Å². The number of benzene rings is 2. The molecule has 3 saturated heterocycles. The van der Waals surface area contributed by atoms with Gasteiger partial charge >= 0.3 is 0 Å². The molecule has 3 heterocycles. The monoisotopic (exact) mass is 463 g/mol. The number of carbonyl (C=O) groups excluding carboxylic acids is 1. The van der Waals surface area contributed by atoms with Crippen LogP contribution in [0.1, 0.15) is 24.8 Å². The van der Waals surface area contributed by atoms with E-state index in [0.29, 0.717) is 39.3 Å². The highest BCUT2D eigenvalue weighted by atomic mass is 16.5. The van der Waals surface area contributed by atoms with E-state index < -0.39 is 11.0 Å². The molecule has 1 N–H and O–H groups in total. The Balaban J connectivity index is 1.20. The SMILES string of the molecule is O=C(N1CC[C@@](O)(CN2CCN(c3ccccc3)CC2)C1)C1(Cc2ccccc2)CCOCC1. The van der Waals surface area contributed by atoms with E-state index in [2.05, 4.69) is 46.2 Å². The Morgan fingerprint density at radius 2 is 1.50 bits per heavy atom. The number of hydrogen-bond donors (Lipinski definition) is 1. The molecule has 1 atom stereocenters. The smallest absolute Gasteiger partial charge is 0.229 e. The molecule has 2 aromatic carbocycles. The van der Waals surface area contributed by atoms with E-state index in [4.69, 9.17) is 4.74 Å². The van der Waals surface area contributed by atoms with Gasteiger partial charge in [-0.05, 0) is 43.4 Å². The first kappa shape index (κ1) is 23.3. The van der Waals surface area contributed by atoms with E-state index in [9.17, 15) is 9.90 Å². The Hall–Kier alpha value is -2.41. The maximum atomic E-state index is 13.8. The molecule has 0 radical (unpaired) electrons. The van der Waals surface area contributed by atoms with Crippen molar-refractivity contribution in [2.24, 2.45) is 5.41 Å². The number of para-hydroxylation sites is 1. The van der Waals surface area contributed by atoms with E-state index in [1.807, 2.05) is 29.2 Å². The maximum Gasteiger partial charge on any atom is 0.229 e. The van der Waals surface area contributed by atoms with Crippen molar-refractivity contribution < 1.29 is 14.6 Å². The number of carbonyl (C=O) groups is 1. The van der Waals surface area contributed by atoms with Crippen molar-refractivity contribution in [1.82, 2.24) is 9.80 Å². The molecule has 3 aliphatic heterocycles. The Kier molecular flexibility index (Phi) is 6.91. The van der Waals surface area contributed by atoms with Gasteiger partial charge < -0.3 is 19.6 Å². The van der Waals surface area contributed by atoms with Gasteiger partial charge in [0.15, 0.2) is 0 Å². The third-order valence-corrected chi connectivity index (χ3v) is 7.92. The number of likely N-dealkylation sites (tertiary alicyclic amines) is 1. The molecule has 6 heteroatoms. The Morgan fingerprint density at radius 1 is 0.853 bits per heavy atom. The summed E-state index contributed by atoms with van der Waals surface area (Å²) in [4.78, 5) is 20.6. The summed E-state index contributed by atoms with van der Waals surface area (Å²) < 4.78 is 5.63. The van der Waals surface area contributed by atoms with E-state index in [1.54, 1.807) is 0 Å². The van der Waals surface area contributed by atoms with Crippen molar-refractivity contribution in [3.63, 3.8) is 0 Å². The van der Waals surface area contributed by atoms with Crippen LogP contribution >= 0.6 is 0 Å². The molecule has 3 aliphatic rings.